The van der Waals surface area contributed by atoms with E-state index in [9.17, 15) is 0 Å². The Kier molecular flexibility index (Phi) is 4.36. The summed E-state index contributed by atoms with van der Waals surface area (Å²) in [6.45, 7) is 0. The molecule has 0 spiro atoms. The molecule has 7 rings (SSSR count). The molecule has 5 unspecified atom stereocenters. The Hall–Kier alpha value is -2.71. The molecule has 2 heteroatoms. The maximum absolute atomic E-state index is 2.62. The molecule has 0 saturated carbocycles. The highest BCUT2D eigenvalue weighted by molar-refractivity contribution is 8.00. The van der Waals surface area contributed by atoms with Crippen molar-refractivity contribution in [2.75, 3.05) is 4.90 Å². The highest BCUT2D eigenvalue weighted by Gasteiger charge is 2.49. The molecule has 0 amide bonds. The van der Waals surface area contributed by atoms with Gasteiger partial charge in [0.15, 0.2) is 0 Å². The van der Waals surface area contributed by atoms with Crippen molar-refractivity contribution in [1.82, 2.24) is 0 Å². The molecule has 4 aliphatic rings. The van der Waals surface area contributed by atoms with Crippen LogP contribution in [-0.2, 0) is 0 Å². The molecule has 1 nitrogen and oxygen atoms in total. The Bertz CT molecular complexity index is 1240. The van der Waals surface area contributed by atoms with E-state index in [4.69, 9.17) is 0 Å². The molecule has 3 aromatic carbocycles. The van der Waals surface area contributed by atoms with Crippen molar-refractivity contribution in [3.8, 4) is 0 Å². The van der Waals surface area contributed by atoms with Crippen LogP contribution in [0.25, 0.3) is 0 Å². The predicted molar refractivity (Wildman–Crippen MR) is 135 cm³/mol. The monoisotopic (exact) mass is 433 g/mol. The number of benzene rings is 3. The van der Waals surface area contributed by atoms with Crippen LogP contribution < -0.4 is 4.90 Å². The number of thioether (sulfide) groups is 1. The first kappa shape index (κ1) is 18.8. The largest absolute Gasteiger partial charge is 0.334 e. The molecule has 0 bridgehead atoms. The van der Waals surface area contributed by atoms with Crippen LogP contribution in [-0.4, -0.2) is 11.3 Å². The first-order valence-electron chi connectivity index (χ1n) is 12.0. The summed E-state index contributed by atoms with van der Waals surface area (Å²) in [7, 11) is 0. The van der Waals surface area contributed by atoms with Gasteiger partial charge in [0.1, 0.15) is 0 Å². The van der Waals surface area contributed by atoms with Gasteiger partial charge in [0.25, 0.3) is 0 Å². The van der Waals surface area contributed by atoms with Crippen molar-refractivity contribution in [3.05, 3.63) is 114 Å². The summed E-state index contributed by atoms with van der Waals surface area (Å²) in [5, 5.41) is 0.570. The van der Waals surface area contributed by atoms with Gasteiger partial charge < -0.3 is 4.90 Å². The lowest BCUT2D eigenvalue weighted by molar-refractivity contribution is 0.554. The highest BCUT2D eigenvalue weighted by Crippen LogP contribution is 2.60. The van der Waals surface area contributed by atoms with Crippen molar-refractivity contribution in [1.29, 1.82) is 0 Å². The average molecular weight is 434 g/mol. The van der Waals surface area contributed by atoms with Crippen LogP contribution in [0.5, 0.6) is 0 Å². The second-order valence-electron chi connectivity index (χ2n) is 9.55. The number of hydrogen-bond donors (Lipinski definition) is 0. The van der Waals surface area contributed by atoms with Crippen molar-refractivity contribution in [3.63, 3.8) is 0 Å². The van der Waals surface area contributed by atoms with E-state index in [0.717, 1.165) is 0 Å². The normalized spacial score (nSPS) is 29.4. The summed E-state index contributed by atoms with van der Waals surface area (Å²) in [5.74, 6) is 1.69. The van der Waals surface area contributed by atoms with Crippen molar-refractivity contribution in [2.45, 2.75) is 53.2 Å². The number of hydrogen-bond acceptors (Lipinski definition) is 2. The number of para-hydroxylation sites is 1. The molecule has 3 aromatic rings. The van der Waals surface area contributed by atoms with Crippen molar-refractivity contribution < 1.29 is 0 Å². The second-order valence-corrected chi connectivity index (χ2v) is 10.8. The second kappa shape index (κ2) is 7.42. The molecule has 0 aromatic heterocycles. The zero-order valence-corrected chi connectivity index (χ0v) is 18.9. The van der Waals surface area contributed by atoms with Gasteiger partial charge in [0, 0.05) is 33.4 Å². The standard InChI is InChI=1S/C30H27NS/c1-2-9-20(10-3-1)21-11-8-12-22(19-21)31-26-15-6-4-14-25(26)29-27(31)18-17-24-23-13-5-7-16-28(23)32-30(24)29/h1-2,4-8,11-20,24,27,29-30H,3,9-10H2. The van der Waals surface area contributed by atoms with Gasteiger partial charge >= 0.3 is 0 Å². The zero-order chi connectivity index (χ0) is 21.1. The van der Waals surface area contributed by atoms with Crippen LogP contribution in [0.1, 0.15) is 53.7 Å². The predicted octanol–water partition coefficient (Wildman–Crippen LogP) is 7.94. The lowest BCUT2D eigenvalue weighted by Gasteiger charge is -2.36. The Morgan fingerprint density at radius 3 is 2.59 bits per heavy atom. The topological polar surface area (TPSA) is 3.24 Å². The molecule has 2 aliphatic carbocycles. The number of fused-ring (bicyclic) bond motifs is 7. The van der Waals surface area contributed by atoms with Gasteiger partial charge in [-0.15, -0.1) is 11.8 Å². The smallest absolute Gasteiger partial charge is 0.0603 e. The third-order valence-electron chi connectivity index (χ3n) is 7.88. The summed E-state index contributed by atoms with van der Waals surface area (Å²) in [5.41, 5.74) is 7.27. The molecule has 32 heavy (non-hydrogen) atoms. The molecule has 5 atom stereocenters. The van der Waals surface area contributed by atoms with Crippen molar-refractivity contribution in [2.24, 2.45) is 0 Å². The third-order valence-corrected chi connectivity index (χ3v) is 9.36. The molecular weight excluding hydrogens is 406 g/mol. The van der Waals surface area contributed by atoms with E-state index in [1.165, 1.54) is 52.2 Å². The van der Waals surface area contributed by atoms with Gasteiger partial charge in [-0.25, -0.2) is 0 Å². The summed E-state index contributed by atoms with van der Waals surface area (Å²) in [6.07, 6.45) is 13.3. The average Bonchev–Trinajstić information content (AvgIpc) is 3.40. The van der Waals surface area contributed by atoms with E-state index in [0.29, 0.717) is 29.0 Å². The Morgan fingerprint density at radius 2 is 1.69 bits per heavy atom. The Labute approximate surface area is 194 Å². The first-order valence-corrected chi connectivity index (χ1v) is 12.8. The van der Waals surface area contributed by atoms with E-state index in [1.807, 2.05) is 0 Å². The fraction of sp³-hybridized carbons (Fsp3) is 0.267. The van der Waals surface area contributed by atoms with Gasteiger partial charge in [-0.05, 0) is 66.1 Å². The van der Waals surface area contributed by atoms with Crippen LogP contribution in [0.2, 0.25) is 0 Å². The van der Waals surface area contributed by atoms with Crippen LogP contribution >= 0.6 is 11.8 Å². The summed E-state index contributed by atoms with van der Waals surface area (Å²) < 4.78 is 0. The lowest BCUT2D eigenvalue weighted by Crippen LogP contribution is -2.36. The summed E-state index contributed by atoms with van der Waals surface area (Å²) >= 11 is 2.10. The molecular formula is C30H27NS. The van der Waals surface area contributed by atoms with Crippen LogP contribution in [0.15, 0.2) is 102 Å². The van der Waals surface area contributed by atoms with Crippen LogP contribution in [0, 0.1) is 0 Å². The van der Waals surface area contributed by atoms with Crippen LogP contribution in [0.3, 0.4) is 0 Å². The van der Waals surface area contributed by atoms with Gasteiger partial charge in [0.2, 0.25) is 0 Å². The minimum Gasteiger partial charge on any atom is -0.334 e. The Balaban J connectivity index is 1.32. The number of anilines is 2. The minimum absolute atomic E-state index is 0.386. The molecule has 0 fully saturated rings. The first-order chi connectivity index (χ1) is 15.9. The van der Waals surface area contributed by atoms with Crippen molar-refractivity contribution >= 4 is 23.1 Å². The molecule has 158 valence electrons. The molecule has 2 aliphatic heterocycles. The van der Waals surface area contributed by atoms with Gasteiger partial charge in [0.05, 0.1) is 6.04 Å². The third kappa shape index (κ3) is 2.79. The van der Waals surface area contributed by atoms with Gasteiger partial charge in [-0.1, -0.05) is 72.8 Å². The van der Waals surface area contributed by atoms with E-state index >= 15 is 0 Å². The van der Waals surface area contributed by atoms with E-state index in [2.05, 4.69) is 114 Å². The van der Waals surface area contributed by atoms with E-state index in [-0.39, 0.29) is 0 Å². The lowest BCUT2D eigenvalue weighted by atomic mass is 9.78. The van der Waals surface area contributed by atoms with Gasteiger partial charge in [-0.3, -0.25) is 0 Å². The molecule has 0 radical (unpaired) electrons. The zero-order valence-electron chi connectivity index (χ0n) is 18.1. The Morgan fingerprint density at radius 1 is 0.812 bits per heavy atom. The quantitative estimate of drug-likeness (QED) is 0.377. The van der Waals surface area contributed by atoms with E-state index < -0.39 is 0 Å². The minimum atomic E-state index is 0.386. The fourth-order valence-corrected chi connectivity index (χ4v) is 8.04. The summed E-state index contributed by atoms with van der Waals surface area (Å²) in [4.78, 5) is 4.09. The number of rotatable bonds is 2. The number of allylic oxidation sites excluding steroid dienone is 3. The molecule has 0 saturated heterocycles. The maximum atomic E-state index is 2.62. The highest BCUT2D eigenvalue weighted by atomic mass is 32.2. The molecule has 2 heterocycles. The van der Waals surface area contributed by atoms with Gasteiger partial charge in [-0.2, -0.15) is 0 Å². The van der Waals surface area contributed by atoms with Crippen LogP contribution in [0.4, 0.5) is 11.4 Å². The fourth-order valence-electron chi connectivity index (χ4n) is 6.41. The molecule has 0 N–H and O–H groups in total. The SMILES string of the molecule is C1=CCC(c2cccc(N3c4ccccc4C4C5Sc6ccccc6C5C=CC43)c2)CC1. The van der Waals surface area contributed by atoms with E-state index in [1.54, 1.807) is 0 Å². The number of nitrogens with zero attached hydrogens (tertiary/aromatic N) is 1. The summed E-state index contributed by atoms with van der Waals surface area (Å²) in [6, 6.07) is 27.9. The maximum Gasteiger partial charge on any atom is 0.0603 e.